The summed E-state index contributed by atoms with van der Waals surface area (Å²) in [7, 11) is 0. The first-order valence-electron chi connectivity index (χ1n) is 8.59. The van der Waals surface area contributed by atoms with Gasteiger partial charge in [0.2, 0.25) is 5.91 Å². The highest BCUT2D eigenvalue weighted by molar-refractivity contribution is 5.76. The molecule has 0 N–H and O–H groups in total. The molecular formula is C18H27N5O. The first-order chi connectivity index (χ1) is 11.7. The Morgan fingerprint density at radius 2 is 1.88 bits per heavy atom. The van der Waals surface area contributed by atoms with Gasteiger partial charge in [-0.05, 0) is 18.7 Å². The summed E-state index contributed by atoms with van der Waals surface area (Å²) in [6.45, 7) is 9.16. The third-order valence-corrected chi connectivity index (χ3v) is 4.17. The number of carbonyl (C=O) groups is 1. The Balaban J connectivity index is 1.96. The molecule has 1 aromatic carbocycles. The van der Waals surface area contributed by atoms with Crippen molar-refractivity contribution in [1.29, 1.82) is 0 Å². The molecule has 0 unspecified atom stereocenters. The van der Waals surface area contributed by atoms with Gasteiger partial charge in [0.15, 0.2) is 0 Å². The van der Waals surface area contributed by atoms with Crippen LogP contribution >= 0.6 is 0 Å². The van der Waals surface area contributed by atoms with Gasteiger partial charge in [0, 0.05) is 26.1 Å². The van der Waals surface area contributed by atoms with Crippen LogP contribution in [0.15, 0.2) is 43.0 Å². The van der Waals surface area contributed by atoms with E-state index in [0.717, 1.165) is 31.7 Å². The molecule has 0 saturated carbocycles. The summed E-state index contributed by atoms with van der Waals surface area (Å²) in [5, 5.41) is 4.06. The second kappa shape index (κ2) is 9.82. The van der Waals surface area contributed by atoms with E-state index in [1.54, 1.807) is 11.0 Å². The first-order valence-corrected chi connectivity index (χ1v) is 8.59. The highest BCUT2D eigenvalue weighted by Gasteiger charge is 2.15. The molecule has 2 rings (SSSR count). The van der Waals surface area contributed by atoms with Crippen LogP contribution in [0.5, 0.6) is 0 Å². The molecule has 2 aromatic rings. The maximum absolute atomic E-state index is 12.7. The molecule has 0 aliphatic rings. The molecule has 1 amide bonds. The predicted octanol–water partition coefficient (Wildman–Crippen LogP) is 2.04. The summed E-state index contributed by atoms with van der Waals surface area (Å²) in [5.41, 5.74) is 1.16. The molecule has 0 saturated heterocycles. The Morgan fingerprint density at radius 3 is 2.50 bits per heavy atom. The number of aromatic nitrogens is 3. The smallest absolute Gasteiger partial charge is 0.224 e. The molecule has 130 valence electrons. The van der Waals surface area contributed by atoms with Crippen LogP contribution in [0.2, 0.25) is 0 Å². The van der Waals surface area contributed by atoms with Crippen LogP contribution in [0.1, 0.15) is 25.8 Å². The van der Waals surface area contributed by atoms with Crippen LogP contribution < -0.4 is 0 Å². The van der Waals surface area contributed by atoms with Crippen LogP contribution in [0.25, 0.3) is 0 Å². The van der Waals surface area contributed by atoms with E-state index in [0.29, 0.717) is 19.5 Å². The summed E-state index contributed by atoms with van der Waals surface area (Å²) >= 11 is 0. The fourth-order valence-electron chi connectivity index (χ4n) is 2.61. The lowest BCUT2D eigenvalue weighted by Gasteiger charge is -2.26. The molecule has 0 bridgehead atoms. The van der Waals surface area contributed by atoms with Crippen molar-refractivity contribution in [3.63, 3.8) is 0 Å². The Hall–Kier alpha value is -2.21. The van der Waals surface area contributed by atoms with E-state index in [1.165, 1.54) is 6.33 Å². The van der Waals surface area contributed by atoms with E-state index in [9.17, 15) is 4.79 Å². The molecule has 0 atom stereocenters. The average Bonchev–Trinajstić information content (AvgIpc) is 3.14. The van der Waals surface area contributed by atoms with Gasteiger partial charge in [-0.1, -0.05) is 44.2 Å². The largest absolute Gasteiger partial charge is 0.337 e. The number of rotatable bonds is 10. The second-order valence-corrected chi connectivity index (χ2v) is 5.74. The number of nitrogens with zero attached hydrogens (tertiary/aromatic N) is 5. The maximum Gasteiger partial charge on any atom is 0.224 e. The van der Waals surface area contributed by atoms with Crippen LogP contribution in [0, 0.1) is 0 Å². The minimum absolute atomic E-state index is 0.154. The summed E-state index contributed by atoms with van der Waals surface area (Å²) < 4.78 is 1.70. The van der Waals surface area contributed by atoms with E-state index in [-0.39, 0.29) is 5.91 Å². The molecular weight excluding hydrogens is 302 g/mol. The van der Waals surface area contributed by atoms with Crippen LogP contribution in [0.3, 0.4) is 0 Å². The number of hydrogen-bond acceptors (Lipinski definition) is 4. The van der Waals surface area contributed by atoms with Crippen molar-refractivity contribution in [3.8, 4) is 0 Å². The molecule has 1 aromatic heterocycles. The topological polar surface area (TPSA) is 54.3 Å². The van der Waals surface area contributed by atoms with E-state index in [2.05, 4.69) is 41.0 Å². The quantitative estimate of drug-likeness (QED) is 0.669. The first kappa shape index (κ1) is 18.1. The van der Waals surface area contributed by atoms with E-state index >= 15 is 0 Å². The van der Waals surface area contributed by atoms with Crippen molar-refractivity contribution < 1.29 is 4.79 Å². The van der Waals surface area contributed by atoms with Crippen molar-refractivity contribution in [2.24, 2.45) is 0 Å². The number of benzene rings is 1. The lowest BCUT2D eigenvalue weighted by molar-refractivity contribution is -0.132. The van der Waals surface area contributed by atoms with Gasteiger partial charge in [-0.2, -0.15) is 5.10 Å². The van der Waals surface area contributed by atoms with Crippen LogP contribution in [-0.4, -0.2) is 56.7 Å². The van der Waals surface area contributed by atoms with Gasteiger partial charge in [-0.15, -0.1) is 0 Å². The van der Waals surface area contributed by atoms with Crippen molar-refractivity contribution in [3.05, 3.63) is 48.5 Å². The zero-order chi connectivity index (χ0) is 17.2. The standard InChI is InChI=1S/C18H27N5O/c1-3-21(4-2)12-13-22(14-17-8-6-5-7-9-17)18(24)10-11-23-16-19-15-20-23/h5-9,15-16H,3-4,10-14H2,1-2H3. The van der Waals surface area contributed by atoms with Gasteiger partial charge >= 0.3 is 0 Å². The van der Waals surface area contributed by atoms with Crippen molar-refractivity contribution in [2.75, 3.05) is 26.2 Å². The maximum atomic E-state index is 12.7. The van der Waals surface area contributed by atoms with Crippen molar-refractivity contribution in [1.82, 2.24) is 24.6 Å². The summed E-state index contributed by atoms with van der Waals surface area (Å²) in [6.07, 6.45) is 3.58. The molecule has 1 heterocycles. The van der Waals surface area contributed by atoms with E-state index < -0.39 is 0 Å². The summed E-state index contributed by atoms with van der Waals surface area (Å²) in [4.78, 5) is 20.9. The Labute approximate surface area is 144 Å². The molecule has 0 aliphatic carbocycles. The average molecular weight is 329 g/mol. The number of aryl methyl sites for hydroxylation is 1. The monoisotopic (exact) mass is 329 g/mol. The zero-order valence-electron chi connectivity index (χ0n) is 14.6. The van der Waals surface area contributed by atoms with Gasteiger partial charge < -0.3 is 9.80 Å². The van der Waals surface area contributed by atoms with Crippen molar-refractivity contribution in [2.45, 2.75) is 33.4 Å². The Morgan fingerprint density at radius 1 is 1.12 bits per heavy atom. The van der Waals surface area contributed by atoms with Gasteiger partial charge in [0.1, 0.15) is 12.7 Å². The predicted molar refractivity (Wildman–Crippen MR) is 94.3 cm³/mol. The second-order valence-electron chi connectivity index (χ2n) is 5.74. The fourth-order valence-corrected chi connectivity index (χ4v) is 2.61. The fraction of sp³-hybridized carbons (Fsp3) is 0.500. The number of amides is 1. The SMILES string of the molecule is CCN(CC)CCN(Cc1ccccc1)C(=O)CCn1cncn1. The normalized spacial score (nSPS) is 11.0. The van der Waals surface area contributed by atoms with E-state index in [4.69, 9.17) is 0 Å². The van der Waals surface area contributed by atoms with Gasteiger partial charge in [0.05, 0.1) is 6.54 Å². The highest BCUT2D eigenvalue weighted by Crippen LogP contribution is 2.07. The third kappa shape index (κ3) is 5.77. The Bertz CT molecular complexity index is 581. The minimum Gasteiger partial charge on any atom is -0.337 e. The molecule has 6 heteroatoms. The summed E-state index contributed by atoms with van der Waals surface area (Å²) in [6, 6.07) is 10.1. The highest BCUT2D eigenvalue weighted by atomic mass is 16.2. The molecule has 0 spiro atoms. The molecule has 24 heavy (non-hydrogen) atoms. The van der Waals surface area contributed by atoms with Crippen LogP contribution in [-0.2, 0) is 17.9 Å². The summed E-state index contributed by atoms with van der Waals surface area (Å²) in [5.74, 6) is 0.154. The molecule has 0 aliphatic heterocycles. The zero-order valence-corrected chi connectivity index (χ0v) is 14.6. The van der Waals surface area contributed by atoms with Gasteiger partial charge in [-0.3, -0.25) is 9.48 Å². The lowest BCUT2D eigenvalue weighted by atomic mass is 10.2. The third-order valence-electron chi connectivity index (χ3n) is 4.17. The lowest BCUT2D eigenvalue weighted by Crippen LogP contribution is -2.38. The molecule has 0 fully saturated rings. The van der Waals surface area contributed by atoms with Gasteiger partial charge in [0.25, 0.3) is 0 Å². The van der Waals surface area contributed by atoms with Crippen molar-refractivity contribution >= 4 is 5.91 Å². The number of carbonyl (C=O) groups excluding carboxylic acids is 1. The molecule has 0 radical (unpaired) electrons. The van der Waals surface area contributed by atoms with Gasteiger partial charge in [-0.25, -0.2) is 4.98 Å². The minimum atomic E-state index is 0.154. The van der Waals surface area contributed by atoms with Crippen LogP contribution in [0.4, 0.5) is 0 Å². The number of hydrogen-bond donors (Lipinski definition) is 0. The number of likely N-dealkylation sites (N-methyl/N-ethyl adjacent to an activating group) is 1. The van der Waals surface area contributed by atoms with E-state index in [1.807, 2.05) is 23.1 Å². The molecule has 6 nitrogen and oxygen atoms in total. The Kier molecular flexibility index (Phi) is 7.42.